The summed E-state index contributed by atoms with van der Waals surface area (Å²) < 4.78 is 22.5. The molecule has 0 aromatic carbocycles. The molecule has 1 amide bonds. The van der Waals surface area contributed by atoms with Crippen LogP contribution in [0.15, 0.2) is 36.5 Å². The zero-order valence-electron chi connectivity index (χ0n) is 35.3. The Bertz CT molecular complexity index is 1120. The molecule has 12 unspecified atom stereocenters. The molecule has 2 fully saturated rings. The van der Waals surface area contributed by atoms with Crippen molar-refractivity contribution in [1.29, 1.82) is 0 Å². The Labute approximate surface area is 347 Å². The number of carbonyl (C=O) groups is 1. The lowest BCUT2D eigenvalue weighted by Crippen LogP contribution is -2.65. The molecule has 0 bridgehead atoms. The molecule has 0 aromatic rings. The van der Waals surface area contributed by atoms with Crippen LogP contribution in [0.5, 0.6) is 0 Å². The van der Waals surface area contributed by atoms with Gasteiger partial charge in [0.05, 0.1) is 32.0 Å². The molecule has 14 nitrogen and oxygen atoms in total. The lowest BCUT2D eigenvalue weighted by molar-refractivity contribution is -0.359. The Morgan fingerprint density at radius 2 is 1.14 bits per heavy atom. The number of hydrogen-bond donors (Lipinski definition) is 9. The van der Waals surface area contributed by atoms with Crippen LogP contribution in [0.25, 0.3) is 0 Å². The molecule has 0 aliphatic carbocycles. The third-order valence-corrected chi connectivity index (χ3v) is 10.8. The Kier molecular flexibility index (Phi) is 28.9. The maximum Gasteiger partial charge on any atom is 0.220 e. The maximum atomic E-state index is 13.0. The highest BCUT2D eigenvalue weighted by atomic mass is 16.7. The monoisotopic (exact) mass is 830 g/mol. The average molecular weight is 830 g/mol. The summed E-state index contributed by atoms with van der Waals surface area (Å²) in [5, 5.41) is 85.9. The van der Waals surface area contributed by atoms with Crippen molar-refractivity contribution in [2.45, 2.75) is 216 Å². The topological polar surface area (TPSA) is 228 Å². The number of unbranched alkanes of at least 4 members (excludes halogenated alkanes) is 15. The molecule has 2 aliphatic heterocycles. The van der Waals surface area contributed by atoms with Crippen LogP contribution >= 0.6 is 0 Å². The van der Waals surface area contributed by atoms with Gasteiger partial charge >= 0.3 is 0 Å². The first-order valence-corrected chi connectivity index (χ1v) is 22.2. The fourth-order valence-electron chi connectivity index (χ4n) is 7.08. The normalized spacial score (nSPS) is 29.1. The summed E-state index contributed by atoms with van der Waals surface area (Å²) in [4.78, 5) is 13.0. The SMILES string of the molecule is CCCCC/C=C\C/C=C\CCCCCCCCCCCC(=O)NC(COC1OC(CO)C(OC2OC(CO)C(O)C(O)C2O)C(O)C1O)C(O)/C=C/CCCCC. The molecule has 58 heavy (non-hydrogen) atoms. The van der Waals surface area contributed by atoms with Gasteiger partial charge in [-0.2, -0.15) is 0 Å². The van der Waals surface area contributed by atoms with Crippen LogP contribution in [-0.4, -0.2) is 140 Å². The summed E-state index contributed by atoms with van der Waals surface area (Å²) in [6.45, 7) is 2.61. The first-order valence-electron chi connectivity index (χ1n) is 22.2. The van der Waals surface area contributed by atoms with E-state index < -0.39 is 86.8 Å². The van der Waals surface area contributed by atoms with Crippen LogP contribution in [0.3, 0.4) is 0 Å². The van der Waals surface area contributed by atoms with E-state index in [2.05, 4.69) is 43.5 Å². The van der Waals surface area contributed by atoms with Gasteiger partial charge in [0.1, 0.15) is 48.8 Å². The molecule has 2 rings (SSSR count). The van der Waals surface area contributed by atoms with E-state index in [4.69, 9.17) is 18.9 Å². The van der Waals surface area contributed by atoms with E-state index in [0.717, 1.165) is 57.8 Å². The second-order valence-electron chi connectivity index (χ2n) is 15.8. The Balaban J connectivity index is 1.78. The number of nitrogens with one attached hydrogen (secondary N) is 1. The van der Waals surface area contributed by atoms with Crippen LogP contribution in [0.2, 0.25) is 0 Å². The maximum absolute atomic E-state index is 13.0. The standard InChI is InChI=1S/C44H79NO13/c1-3-5-7-9-10-11-12-13-14-15-16-17-18-19-20-21-22-24-26-28-36(49)45-32(33(48)27-25-23-8-6-4-2)31-55-43-41(54)39(52)42(35(30-47)57-43)58-44-40(53)38(51)37(50)34(29-46)56-44/h10-11,13-14,25,27,32-35,37-44,46-48,50-54H,3-9,12,15-24,26,28-31H2,1-2H3,(H,45,49)/b11-10-,14-13-,27-25+. The molecule has 0 aromatic heterocycles. The molecule has 14 heteroatoms. The number of amides is 1. The highest BCUT2D eigenvalue weighted by Crippen LogP contribution is 2.30. The van der Waals surface area contributed by atoms with Crippen molar-refractivity contribution in [1.82, 2.24) is 5.32 Å². The van der Waals surface area contributed by atoms with E-state index in [0.29, 0.717) is 6.42 Å². The Hall–Kier alpha value is -1.79. The fraction of sp³-hybridized carbons (Fsp3) is 0.841. The quantitative estimate of drug-likeness (QED) is 0.0346. The summed E-state index contributed by atoms with van der Waals surface area (Å²) in [6, 6.07) is -0.911. The van der Waals surface area contributed by atoms with Gasteiger partial charge < -0.3 is 65.1 Å². The van der Waals surface area contributed by atoms with Gasteiger partial charge in [0.15, 0.2) is 12.6 Å². The summed E-state index contributed by atoms with van der Waals surface area (Å²) in [5.41, 5.74) is 0. The average Bonchev–Trinajstić information content (AvgIpc) is 3.22. The van der Waals surface area contributed by atoms with Gasteiger partial charge in [-0.3, -0.25) is 4.79 Å². The van der Waals surface area contributed by atoms with E-state index in [1.54, 1.807) is 6.08 Å². The number of carbonyl (C=O) groups excluding carboxylic acids is 1. The Morgan fingerprint density at radius 3 is 1.72 bits per heavy atom. The van der Waals surface area contributed by atoms with Crippen LogP contribution in [0.4, 0.5) is 0 Å². The fourth-order valence-corrected chi connectivity index (χ4v) is 7.08. The van der Waals surface area contributed by atoms with Crippen molar-refractivity contribution in [3.8, 4) is 0 Å². The molecule has 0 saturated carbocycles. The third kappa shape index (κ3) is 20.2. The zero-order chi connectivity index (χ0) is 42.5. The molecule has 0 radical (unpaired) electrons. The lowest BCUT2D eigenvalue weighted by Gasteiger charge is -2.46. The molecular weight excluding hydrogens is 750 g/mol. The molecule has 338 valence electrons. The molecular formula is C44H79NO13. The molecule has 2 heterocycles. The largest absolute Gasteiger partial charge is 0.394 e. The minimum atomic E-state index is -1.79. The second-order valence-corrected chi connectivity index (χ2v) is 15.8. The highest BCUT2D eigenvalue weighted by Gasteiger charge is 2.50. The van der Waals surface area contributed by atoms with Crippen LogP contribution < -0.4 is 5.32 Å². The van der Waals surface area contributed by atoms with Crippen LogP contribution in [0, 0.1) is 0 Å². The number of aliphatic hydroxyl groups excluding tert-OH is 8. The first-order chi connectivity index (χ1) is 28.1. The second kappa shape index (κ2) is 32.0. The highest BCUT2D eigenvalue weighted by molar-refractivity contribution is 5.76. The number of allylic oxidation sites excluding steroid dienone is 5. The third-order valence-electron chi connectivity index (χ3n) is 10.8. The van der Waals surface area contributed by atoms with Gasteiger partial charge in [0.2, 0.25) is 5.91 Å². The number of hydrogen-bond acceptors (Lipinski definition) is 13. The number of rotatable bonds is 32. The van der Waals surface area contributed by atoms with Gasteiger partial charge in [-0.05, 0) is 51.4 Å². The van der Waals surface area contributed by atoms with Crippen LogP contribution in [-0.2, 0) is 23.7 Å². The zero-order valence-corrected chi connectivity index (χ0v) is 35.3. The van der Waals surface area contributed by atoms with E-state index in [1.807, 2.05) is 6.08 Å². The van der Waals surface area contributed by atoms with Gasteiger partial charge in [0.25, 0.3) is 0 Å². The number of ether oxygens (including phenoxy) is 4. The van der Waals surface area contributed by atoms with Crippen molar-refractivity contribution in [2.75, 3.05) is 19.8 Å². The number of aliphatic hydroxyl groups is 8. The van der Waals surface area contributed by atoms with Crippen molar-refractivity contribution < 1.29 is 64.6 Å². The van der Waals surface area contributed by atoms with E-state index in [1.165, 1.54) is 57.8 Å². The predicted molar refractivity (Wildman–Crippen MR) is 221 cm³/mol. The van der Waals surface area contributed by atoms with Crippen LogP contribution in [0.1, 0.15) is 142 Å². The molecule has 0 spiro atoms. The first kappa shape index (κ1) is 52.3. The van der Waals surface area contributed by atoms with E-state index in [9.17, 15) is 45.6 Å². The summed E-state index contributed by atoms with van der Waals surface area (Å²) in [7, 11) is 0. The van der Waals surface area contributed by atoms with Crippen molar-refractivity contribution >= 4 is 5.91 Å². The van der Waals surface area contributed by atoms with Gasteiger partial charge in [-0.25, -0.2) is 0 Å². The minimum absolute atomic E-state index is 0.254. The van der Waals surface area contributed by atoms with E-state index >= 15 is 0 Å². The van der Waals surface area contributed by atoms with Crippen molar-refractivity contribution in [2.24, 2.45) is 0 Å². The Morgan fingerprint density at radius 1 is 0.621 bits per heavy atom. The summed E-state index contributed by atoms with van der Waals surface area (Å²) in [6.07, 6.45) is 16.8. The lowest BCUT2D eigenvalue weighted by atomic mass is 9.97. The van der Waals surface area contributed by atoms with Gasteiger partial charge in [0, 0.05) is 6.42 Å². The molecule has 2 aliphatic rings. The minimum Gasteiger partial charge on any atom is -0.394 e. The summed E-state index contributed by atoms with van der Waals surface area (Å²) in [5.74, 6) is -0.254. The van der Waals surface area contributed by atoms with Crippen molar-refractivity contribution in [3.05, 3.63) is 36.5 Å². The van der Waals surface area contributed by atoms with E-state index in [-0.39, 0.29) is 18.9 Å². The molecule has 12 atom stereocenters. The van der Waals surface area contributed by atoms with Gasteiger partial charge in [-0.1, -0.05) is 121 Å². The molecule has 9 N–H and O–H groups in total. The molecule has 2 saturated heterocycles. The smallest absolute Gasteiger partial charge is 0.220 e. The van der Waals surface area contributed by atoms with Gasteiger partial charge in [-0.15, -0.1) is 0 Å². The van der Waals surface area contributed by atoms with Crippen molar-refractivity contribution in [3.63, 3.8) is 0 Å². The predicted octanol–water partition coefficient (Wildman–Crippen LogP) is 3.98. The summed E-state index contributed by atoms with van der Waals surface area (Å²) >= 11 is 0.